The van der Waals surface area contributed by atoms with Gasteiger partial charge in [-0.15, -0.1) is 0 Å². The molecule has 0 spiro atoms. The summed E-state index contributed by atoms with van der Waals surface area (Å²) in [4.78, 5) is 15.8. The number of aliphatic carboxylic acids is 1. The molecule has 1 aliphatic heterocycles. The summed E-state index contributed by atoms with van der Waals surface area (Å²) in [5.74, 6) is -1.27. The van der Waals surface area contributed by atoms with E-state index in [1.54, 1.807) is 6.92 Å². The molecule has 0 aliphatic carbocycles. The summed E-state index contributed by atoms with van der Waals surface area (Å²) >= 11 is 1.19. The van der Waals surface area contributed by atoms with Crippen LogP contribution in [0.1, 0.15) is 18.5 Å². The highest BCUT2D eigenvalue weighted by molar-refractivity contribution is 8.14. The van der Waals surface area contributed by atoms with Crippen molar-refractivity contribution in [1.82, 2.24) is 5.32 Å². The van der Waals surface area contributed by atoms with Gasteiger partial charge in [0.05, 0.1) is 17.4 Å². The Bertz CT molecular complexity index is 662. The Hall–Kier alpha value is -2.33. The first-order valence-corrected chi connectivity index (χ1v) is 7.05. The Morgan fingerprint density at radius 1 is 1.52 bits per heavy atom. The highest BCUT2D eigenvalue weighted by atomic mass is 32.2. The molecule has 0 radical (unpaired) electrons. The van der Waals surface area contributed by atoms with Gasteiger partial charge in [-0.05, 0) is 24.6 Å². The number of allylic oxidation sites excluding steroid dienone is 1. The number of thioether (sulfide) groups is 1. The van der Waals surface area contributed by atoms with E-state index in [1.807, 2.05) is 6.07 Å². The Balaban J connectivity index is 2.41. The second kappa shape index (κ2) is 6.41. The smallest absolute Gasteiger partial charge is 0.335 e. The molecule has 0 saturated heterocycles. The second-order valence-corrected chi connectivity index (χ2v) is 5.27. The molecule has 0 amide bonds. The Kier molecular flexibility index (Phi) is 4.60. The molecule has 0 saturated carbocycles. The van der Waals surface area contributed by atoms with Crippen molar-refractivity contribution >= 4 is 22.9 Å². The van der Waals surface area contributed by atoms with Crippen LogP contribution in [0.3, 0.4) is 0 Å². The van der Waals surface area contributed by atoms with Crippen LogP contribution in [-0.4, -0.2) is 22.0 Å². The van der Waals surface area contributed by atoms with Crippen molar-refractivity contribution in [3.63, 3.8) is 0 Å². The fraction of sp³-hybridized carbons (Fsp3) is 0.214. The number of aliphatic imine (C=N–C) groups is 1. The Labute approximate surface area is 125 Å². The normalized spacial score (nSPS) is 17.8. The summed E-state index contributed by atoms with van der Waals surface area (Å²) in [6.07, 6.45) is 0. The van der Waals surface area contributed by atoms with E-state index in [9.17, 15) is 14.3 Å². The fourth-order valence-electron chi connectivity index (χ4n) is 1.98. The maximum Gasteiger partial charge on any atom is 0.335 e. The number of carbonyl (C=O) groups is 1. The highest BCUT2D eigenvalue weighted by Gasteiger charge is 2.29. The third kappa shape index (κ3) is 3.41. The minimum absolute atomic E-state index is 0.114. The van der Waals surface area contributed by atoms with E-state index in [-0.39, 0.29) is 11.3 Å². The highest BCUT2D eigenvalue weighted by Crippen LogP contribution is 2.32. The minimum atomic E-state index is -1.08. The van der Waals surface area contributed by atoms with Crippen LogP contribution in [0, 0.1) is 17.1 Å². The van der Waals surface area contributed by atoms with Gasteiger partial charge in [0.2, 0.25) is 0 Å². The molecule has 1 heterocycles. The Morgan fingerprint density at radius 2 is 2.19 bits per heavy atom. The van der Waals surface area contributed by atoms with Crippen LogP contribution >= 0.6 is 11.8 Å². The van der Waals surface area contributed by atoms with Gasteiger partial charge in [-0.1, -0.05) is 23.9 Å². The average molecular weight is 305 g/mol. The molecule has 108 valence electrons. The summed E-state index contributed by atoms with van der Waals surface area (Å²) in [7, 11) is 0. The van der Waals surface area contributed by atoms with Crippen LogP contribution in [0.5, 0.6) is 0 Å². The van der Waals surface area contributed by atoms with E-state index >= 15 is 0 Å². The summed E-state index contributed by atoms with van der Waals surface area (Å²) in [6, 6.07) is 6.83. The summed E-state index contributed by atoms with van der Waals surface area (Å²) in [6.45, 7) is 1.64. The van der Waals surface area contributed by atoms with Crippen LogP contribution in [0.2, 0.25) is 0 Å². The number of benzene rings is 1. The molecule has 21 heavy (non-hydrogen) atoms. The van der Waals surface area contributed by atoms with Crippen LogP contribution in [-0.2, 0) is 4.79 Å². The standard InChI is InChI=1S/C14H12FN3O2S/c1-8-11(13(19)20)12(9-2-4-10(15)5-3-9)18-14(17-8)21-7-6-16/h2-5,12H,7H2,1H3,(H,17,18)(H,19,20). The lowest BCUT2D eigenvalue weighted by molar-refractivity contribution is -0.133. The topological polar surface area (TPSA) is 85.5 Å². The van der Waals surface area contributed by atoms with Crippen molar-refractivity contribution in [1.29, 1.82) is 5.26 Å². The van der Waals surface area contributed by atoms with E-state index in [2.05, 4.69) is 10.3 Å². The Morgan fingerprint density at radius 3 is 2.76 bits per heavy atom. The van der Waals surface area contributed by atoms with Gasteiger partial charge in [-0.25, -0.2) is 14.2 Å². The molecule has 1 aromatic rings. The monoisotopic (exact) mass is 305 g/mol. The van der Waals surface area contributed by atoms with Gasteiger partial charge in [-0.3, -0.25) is 0 Å². The van der Waals surface area contributed by atoms with E-state index in [1.165, 1.54) is 36.0 Å². The number of amidine groups is 1. The van der Waals surface area contributed by atoms with Gasteiger partial charge in [0, 0.05) is 5.70 Å². The van der Waals surface area contributed by atoms with E-state index < -0.39 is 17.8 Å². The quantitative estimate of drug-likeness (QED) is 0.896. The predicted molar refractivity (Wildman–Crippen MR) is 78.1 cm³/mol. The number of rotatable bonds is 3. The number of carboxylic acid groups (broad SMARTS) is 1. The molecule has 7 heteroatoms. The summed E-state index contributed by atoms with van der Waals surface area (Å²) in [5.41, 5.74) is 1.17. The largest absolute Gasteiger partial charge is 0.478 e. The van der Waals surface area contributed by atoms with Crippen LogP contribution in [0.15, 0.2) is 40.5 Å². The average Bonchev–Trinajstić information content (AvgIpc) is 2.44. The SMILES string of the molecule is CC1=C(C(=O)O)C(c2ccc(F)cc2)N=C(SCC#N)N1. The van der Waals surface area contributed by atoms with E-state index in [4.69, 9.17) is 5.26 Å². The van der Waals surface area contributed by atoms with Crippen LogP contribution in [0.25, 0.3) is 0 Å². The first kappa shape index (κ1) is 15.1. The predicted octanol–water partition coefficient (Wildman–Crippen LogP) is 2.44. The van der Waals surface area contributed by atoms with Gasteiger partial charge in [0.25, 0.3) is 0 Å². The maximum absolute atomic E-state index is 13.0. The number of hydrogen-bond donors (Lipinski definition) is 2. The minimum Gasteiger partial charge on any atom is -0.478 e. The van der Waals surface area contributed by atoms with Gasteiger partial charge < -0.3 is 10.4 Å². The zero-order valence-electron chi connectivity index (χ0n) is 11.1. The molecule has 1 aromatic carbocycles. The summed E-state index contributed by atoms with van der Waals surface area (Å²) < 4.78 is 13.0. The van der Waals surface area contributed by atoms with Crippen molar-refractivity contribution in [3.8, 4) is 6.07 Å². The molecule has 0 aromatic heterocycles. The number of hydrogen-bond acceptors (Lipinski definition) is 5. The van der Waals surface area contributed by atoms with Crippen molar-refractivity contribution < 1.29 is 14.3 Å². The molecule has 1 atom stereocenters. The van der Waals surface area contributed by atoms with Crippen molar-refractivity contribution in [2.45, 2.75) is 13.0 Å². The molecule has 2 N–H and O–H groups in total. The lowest BCUT2D eigenvalue weighted by Gasteiger charge is -2.24. The first-order valence-electron chi connectivity index (χ1n) is 6.07. The van der Waals surface area contributed by atoms with Gasteiger partial charge in [0.15, 0.2) is 5.17 Å². The third-order valence-corrected chi connectivity index (χ3v) is 3.66. The molecular formula is C14H12FN3O2S. The molecule has 0 fully saturated rings. The van der Waals surface area contributed by atoms with Crippen molar-refractivity contribution in [2.24, 2.45) is 4.99 Å². The van der Waals surface area contributed by atoms with Gasteiger partial charge in [-0.2, -0.15) is 5.26 Å². The molecule has 2 rings (SSSR count). The zero-order valence-corrected chi connectivity index (χ0v) is 11.9. The first-order chi connectivity index (χ1) is 10.0. The number of nitrogens with one attached hydrogen (secondary N) is 1. The van der Waals surface area contributed by atoms with Crippen molar-refractivity contribution in [3.05, 3.63) is 46.9 Å². The maximum atomic E-state index is 13.0. The number of nitriles is 1. The van der Waals surface area contributed by atoms with Gasteiger partial charge >= 0.3 is 5.97 Å². The number of nitrogens with zero attached hydrogens (tertiary/aromatic N) is 2. The van der Waals surface area contributed by atoms with E-state index in [0.29, 0.717) is 16.4 Å². The van der Waals surface area contributed by atoms with Crippen molar-refractivity contribution in [2.75, 3.05) is 5.75 Å². The molecule has 5 nitrogen and oxygen atoms in total. The molecule has 0 bridgehead atoms. The molecular weight excluding hydrogens is 293 g/mol. The third-order valence-electron chi connectivity index (χ3n) is 2.91. The van der Waals surface area contributed by atoms with Crippen LogP contribution in [0.4, 0.5) is 4.39 Å². The van der Waals surface area contributed by atoms with Crippen LogP contribution < -0.4 is 5.32 Å². The fourth-order valence-corrected chi connectivity index (χ4v) is 2.59. The number of halogens is 1. The zero-order chi connectivity index (χ0) is 15.4. The summed E-state index contributed by atoms with van der Waals surface area (Å²) in [5, 5.41) is 21.3. The second-order valence-electron chi connectivity index (χ2n) is 4.30. The lowest BCUT2D eigenvalue weighted by Crippen LogP contribution is -2.29. The number of carboxylic acids is 1. The van der Waals surface area contributed by atoms with E-state index in [0.717, 1.165) is 0 Å². The van der Waals surface area contributed by atoms with Gasteiger partial charge in [0.1, 0.15) is 11.9 Å². The molecule has 1 unspecified atom stereocenters. The molecule has 1 aliphatic rings. The lowest BCUT2D eigenvalue weighted by atomic mass is 9.97.